The molecular weight excluding hydrogens is 375 g/mol. The average molecular weight is 390 g/mol. The van der Waals surface area contributed by atoms with Gasteiger partial charge in [0.1, 0.15) is 0 Å². The minimum Gasteiger partial charge on any atom is -0.356 e. The number of nitrogens with zero attached hydrogens (tertiary/aromatic N) is 6. The van der Waals surface area contributed by atoms with Crippen LogP contribution in [-0.2, 0) is 0 Å². The van der Waals surface area contributed by atoms with Crippen LogP contribution in [0.3, 0.4) is 0 Å². The van der Waals surface area contributed by atoms with Crippen LogP contribution in [0.5, 0.6) is 0 Å². The first-order valence-corrected chi connectivity index (χ1v) is 8.96. The van der Waals surface area contributed by atoms with Crippen molar-refractivity contribution in [2.75, 3.05) is 0 Å². The summed E-state index contributed by atoms with van der Waals surface area (Å²) in [4.78, 5) is 17.1. The number of hydrogen-bond donors (Lipinski definition) is 0. The molecule has 0 aromatic carbocycles. The Kier molecular flexibility index (Phi) is 3.76. The Labute approximate surface area is 163 Å². The second-order valence-corrected chi connectivity index (χ2v) is 6.80. The molecule has 9 heteroatoms. The van der Waals surface area contributed by atoms with Crippen molar-refractivity contribution in [1.82, 2.24) is 29.3 Å². The number of aryl methyl sites for hydroxylation is 1. The average Bonchev–Trinajstić information content (AvgIpc) is 3.34. The summed E-state index contributed by atoms with van der Waals surface area (Å²) in [6.45, 7) is 3.60. The summed E-state index contributed by atoms with van der Waals surface area (Å²) in [5.74, 6) is 0.310. The number of aromatic nitrogens is 6. The Hall–Kier alpha value is -3.88. The lowest BCUT2D eigenvalue weighted by Gasteiger charge is -2.14. The van der Waals surface area contributed by atoms with Crippen molar-refractivity contribution < 1.29 is 8.91 Å². The zero-order valence-corrected chi connectivity index (χ0v) is 15.6. The maximum absolute atomic E-state index is 14.6. The van der Waals surface area contributed by atoms with Crippen LogP contribution in [0.1, 0.15) is 24.5 Å². The summed E-state index contributed by atoms with van der Waals surface area (Å²) in [7, 11) is 0. The highest BCUT2D eigenvalue weighted by Crippen LogP contribution is 2.25. The molecule has 29 heavy (non-hydrogen) atoms. The van der Waals surface area contributed by atoms with Crippen molar-refractivity contribution in [3.63, 3.8) is 0 Å². The van der Waals surface area contributed by atoms with E-state index in [4.69, 9.17) is 4.52 Å². The van der Waals surface area contributed by atoms with E-state index in [1.165, 1.54) is 15.0 Å². The molecule has 1 atom stereocenters. The third kappa shape index (κ3) is 2.70. The van der Waals surface area contributed by atoms with Gasteiger partial charge in [-0.25, -0.2) is 4.39 Å². The van der Waals surface area contributed by atoms with E-state index in [9.17, 15) is 9.18 Å². The van der Waals surface area contributed by atoms with Crippen molar-refractivity contribution in [2.24, 2.45) is 0 Å². The van der Waals surface area contributed by atoms with Gasteiger partial charge in [-0.15, -0.1) is 10.2 Å². The standard InChI is InChI=1S/C20H15FN6O2/c1-11-8-17(29-25-11)13-9-15(21)19-24-23-18(27(19)10-13)12(2)26-7-5-16-14(20(26)28)4-3-6-22-16/h3-10,12H,1-2H3/t12-/m1/s1. The smallest absolute Gasteiger partial charge is 0.260 e. The predicted octanol–water partition coefficient (Wildman–Crippen LogP) is 3.15. The monoisotopic (exact) mass is 390 g/mol. The molecule has 0 aliphatic carbocycles. The van der Waals surface area contributed by atoms with Crippen LogP contribution in [0.15, 0.2) is 58.2 Å². The zero-order chi connectivity index (χ0) is 20.1. The second kappa shape index (κ2) is 6.33. The van der Waals surface area contributed by atoms with E-state index >= 15 is 0 Å². The molecule has 8 nitrogen and oxygen atoms in total. The minimum atomic E-state index is -0.544. The number of hydrogen-bond acceptors (Lipinski definition) is 6. The highest BCUT2D eigenvalue weighted by Gasteiger charge is 2.20. The first-order valence-electron chi connectivity index (χ1n) is 8.96. The van der Waals surface area contributed by atoms with Gasteiger partial charge >= 0.3 is 0 Å². The van der Waals surface area contributed by atoms with Crippen molar-refractivity contribution in [3.05, 3.63) is 76.6 Å². The zero-order valence-electron chi connectivity index (χ0n) is 15.6. The van der Waals surface area contributed by atoms with Crippen LogP contribution >= 0.6 is 0 Å². The quantitative estimate of drug-likeness (QED) is 0.470. The lowest BCUT2D eigenvalue weighted by Crippen LogP contribution is -2.25. The Morgan fingerprint density at radius 1 is 1.21 bits per heavy atom. The number of halogens is 1. The van der Waals surface area contributed by atoms with Gasteiger partial charge in [0.2, 0.25) is 0 Å². The number of rotatable bonds is 3. The molecular formula is C20H15FN6O2. The van der Waals surface area contributed by atoms with Gasteiger partial charge in [-0.1, -0.05) is 5.16 Å². The fraction of sp³-hybridized carbons (Fsp3) is 0.150. The van der Waals surface area contributed by atoms with Crippen molar-refractivity contribution in [2.45, 2.75) is 19.9 Å². The van der Waals surface area contributed by atoms with Crippen molar-refractivity contribution in [3.8, 4) is 11.3 Å². The van der Waals surface area contributed by atoms with E-state index in [-0.39, 0.29) is 11.2 Å². The molecule has 5 aromatic rings. The fourth-order valence-corrected chi connectivity index (χ4v) is 3.41. The molecule has 0 saturated carbocycles. The molecule has 0 saturated heterocycles. The predicted molar refractivity (Wildman–Crippen MR) is 103 cm³/mol. The Bertz CT molecular complexity index is 1430. The first kappa shape index (κ1) is 17.2. The van der Waals surface area contributed by atoms with E-state index in [1.54, 1.807) is 49.8 Å². The molecule has 5 heterocycles. The summed E-state index contributed by atoms with van der Waals surface area (Å²) in [6.07, 6.45) is 4.97. The van der Waals surface area contributed by atoms with Gasteiger partial charge in [0.15, 0.2) is 23.0 Å². The van der Waals surface area contributed by atoms with Gasteiger partial charge in [-0.3, -0.25) is 14.2 Å². The molecule has 0 aliphatic rings. The van der Waals surface area contributed by atoms with Gasteiger partial charge in [0, 0.05) is 30.2 Å². The third-order valence-corrected chi connectivity index (χ3v) is 4.89. The van der Waals surface area contributed by atoms with E-state index in [2.05, 4.69) is 20.3 Å². The van der Waals surface area contributed by atoms with Gasteiger partial charge in [0.05, 0.1) is 22.6 Å². The maximum atomic E-state index is 14.6. The molecule has 0 N–H and O–H groups in total. The number of fused-ring (bicyclic) bond motifs is 2. The largest absolute Gasteiger partial charge is 0.356 e. The van der Waals surface area contributed by atoms with E-state index in [0.717, 1.165) is 0 Å². The summed E-state index contributed by atoms with van der Waals surface area (Å²) >= 11 is 0. The normalized spacial score (nSPS) is 12.7. The molecule has 5 rings (SSSR count). The van der Waals surface area contributed by atoms with E-state index < -0.39 is 11.9 Å². The van der Waals surface area contributed by atoms with Crippen molar-refractivity contribution in [1.29, 1.82) is 0 Å². The lowest BCUT2D eigenvalue weighted by molar-refractivity contribution is 0.426. The van der Waals surface area contributed by atoms with E-state index in [0.29, 0.717) is 33.7 Å². The third-order valence-electron chi connectivity index (χ3n) is 4.89. The Morgan fingerprint density at radius 3 is 2.86 bits per heavy atom. The van der Waals surface area contributed by atoms with Crippen LogP contribution in [0, 0.1) is 12.7 Å². The van der Waals surface area contributed by atoms with E-state index in [1.807, 2.05) is 6.92 Å². The molecule has 0 bridgehead atoms. The van der Waals surface area contributed by atoms with Crippen LogP contribution in [0.25, 0.3) is 27.9 Å². The summed E-state index contributed by atoms with van der Waals surface area (Å²) in [5.41, 5.74) is 1.67. The van der Waals surface area contributed by atoms with Crippen LogP contribution < -0.4 is 5.56 Å². The molecule has 0 unspecified atom stereocenters. The maximum Gasteiger partial charge on any atom is 0.260 e. The molecule has 0 aliphatic heterocycles. The molecule has 5 aromatic heterocycles. The summed E-state index contributed by atoms with van der Waals surface area (Å²) in [6, 6.07) is 7.75. The van der Waals surface area contributed by atoms with Crippen LogP contribution in [0.4, 0.5) is 4.39 Å². The van der Waals surface area contributed by atoms with Gasteiger partial charge < -0.3 is 9.09 Å². The summed E-state index contributed by atoms with van der Waals surface area (Å²) in [5, 5.41) is 12.5. The molecule has 0 radical (unpaired) electrons. The lowest BCUT2D eigenvalue weighted by atomic mass is 10.2. The molecule has 0 amide bonds. The second-order valence-electron chi connectivity index (χ2n) is 6.80. The number of pyridine rings is 3. The van der Waals surface area contributed by atoms with Gasteiger partial charge in [-0.2, -0.15) is 0 Å². The van der Waals surface area contributed by atoms with Gasteiger partial charge in [0.25, 0.3) is 5.56 Å². The molecule has 144 valence electrons. The topological polar surface area (TPSA) is 91.1 Å². The van der Waals surface area contributed by atoms with Gasteiger partial charge in [-0.05, 0) is 38.1 Å². The van der Waals surface area contributed by atoms with Crippen LogP contribution in [-0.4, -0.2) is 29.3 Å². The highest BCUT2D eigenvalue weighted by atomic mass is 19.1. The molecule has 0 fully saturated rings. The first-order chi connectivity index (χ1) is 14.0. The molecule has 0 spiro atoms. The highest BCUT2D eigenvalue weighted by molar-refractivity contribution is 5.76. The minimum absolute atomic E-state index is 0.0716. The Balaban J connectivity index is 1.68. The fourth-order valence-electron chi connectivity index (χ4n) is 3.41. The summed E-state index contributed by atoms with van der Waals surface area (Å²) < 4.78 is 23.0. The Morgan fingerprint density at radius 2 is 2.07 bits per heavy atom. The SMILES string of the molecule is Cc1cc(-c2cc(F)c3nnc([C@@H](C)n4ccc5ncccc5c4=O)n3c2)on1. The van der Waals surface area contributed by atoms with Crippen LogP contribution in [0.2, 0.25) is 0 Å². The van der Waals surface area contributed by atoms with Crippen molar-refractivity contribution >= 4 is 16.6 Å².